The molecule has 0 saturated carbocycles. The van der Waals surface area contributed by atoms with Gasteiger partial charge in [-0.25, -0.2) is 4.98 Å². The number of pyridine rings is 1. The molecule has 4 nitrogen and oxygen atoms in total. The Balaban J connectivity index is 1.80. The SMILES string of the molecule is Cc1cccc(-c2cc(-c3cccc(Oc4ccccc4)c3)c(C#N)c(N)n2)c1. The summed E-state index contributed by atoms with van der Waals surface area (Å²) in [6.07, 6.45) is 0. The van der Waals surface area contributed by atoms with Crippen LogP contribution in [0.2, 0.25) is 0 Å². The first-order chi connectivity index (χ1) is 14.1. The van der Waals surface area contributed by atoms with Crippen molar-refractivity contribution in [1.29, 1.82) is 5.26 Å². The molecule has 29 heavy (non-hydrogen) atoms. The van der Waals surface area contributed by atoms with E-state index in [0.717, 1.165) is 33.7 Å². The van der Waals surface area contributed by atoms with Gasteiger partial charge in [0, 0.05) is 11.1 Å². The van der Waals surface area contributed by atoms with Crippen molar-refractivity contribution >= 4 is 5.82 Å². The molecule has 0 saturated heterocycles. The molecule has 0 bridgehead atoms. The lowest BCUT2D eigenvalue weighted by Crippen LogP contribution is -2.00. The number of benzene rings is 3. The summed E-state index contributed by atoms with van der Waals surface area (Å²) < 4.78 is 5.95. The first kappa shape index (κ1) is 18.3. The Kier molecular flexibility index (Phi) is 4.96. The molecule has 4 heteroatoms. The summed E-state index contributed by atoms with van der Waals surface area (Å²) in [5, 5.41) is 9.67. The van der Waals surface area contributed by atoms with Crippen LogP contribution in [0.5, 0.6) is 11.5 Å². The summed E-state index contributed by atoms with van der Waals surface area (Å²) in [6, 6.07) is 29.3. The smallest absolute Gasteiger partial charge is 0.142 e. The summed E-state index contributed by atoms with van der Waals surface area (Å²) in [5.74, 6) is 1.65. The third-order valence-electron chi connectivity index (χ3n) is 4.60. The van der Waals surface area contributed by atoms with Crippen molar-refractivity contribution in [3.63, 3.8) is 0 Å². The first-order valence-electron chi connectivity index (χ1n) is 9.25. The first-order valence-corrected chi connectivity index (χ1v) is 9.25. The van der Waals surface area contributed by atoms with Crippen molar-refractivity contribution < 1.29 is 4.74 Å². The minimum absolute atomic E-state index is 0.218. The summed E-state index contributed by atoms with van der Waals surface area (Å²) in [7, 11) is 0. The summed E-state index contributed by atoms with van der Waals surface area (Å²) in [6.45, 7) is 2.03. The van der Waals surface area contributed by atoms with Crippen LogP contribution in [-0.2, 0) is 0 Å². The lowest BCUT2D eigenvalue weighted by atomic mass is 9.98. The van der Waals surface area contributed by atoms with Crippen LogP contribution >= 0.6 is 0 Å². The van der Waals surface area contributed by atoms with Crippen molar-refractivity contribution in [2.24, 2.45) is 0 Å². The highest BCUT2D eigenvalue weighted by atomic mass is 16.5. The van der Waals surface area contributed by atoms with Gasteiger partial charge in [0.2, 0.25) is 0 Å². The number of rotatable bonds is 4. The number of ether oxygens (including phenoxy) is 1. The van der Waals surface area contributed by atoms with Gasteiger partial charge in [0.1, 0.15) is 28.9 Å². The monoisotopic (exact) mass is 377 g/mol. The summed E-state index contributed by atoms with van der Waals surface area (Å²) in [5.41, 5.74) is 10.9. The van der Waals surface area contributed by atoms with Gasteiger partial charge in [0.05, 0.1) is 5.69 Å². The van der Waals surface area contributed by atoms with Crippen LogP contribution in [0.4, 0.5) is 5.82 Å². The topological polar surface area (TPSA) is 71.9 Å². The van der Waals surface area contributed by atoms with Crippen molar-refractivity contribution in [3.8, 4) is 40.0 Å². The van der Waals surface area contributed by atoms with Gasteiger partial charge in [-0.15, -0.1) is 0 Å². The molecule has 0 aliphatic heterocycles. The molecule has 0 atom stereocenters. The molecule has 0 unspecified atom stereocenters. The number of para-hydroxylation sites is 1. The van der Waals surface area contributed by atoms with E-state index in [-0.39, 0.29) is 5.82 Å². The Morgan fingerprint density at radius 2 is 1.55 bits per heavy atom. The highest BCUT2D eigenvalue weighted by Gasteiger charge is 2.14. The van der Waals surface area contributed by atoms with E-state index in [1.165, 1.54) is 0 Å². The normalized spacial score (nSPS) is 10.3. The van der Waals surface area contributed by atoms with Crippen LogP contribution in [0.1, 0.15) is 11.1 Å². The standard InChI is InChI=1S/C25H19N3O/c1-17-7-5-9-19(13-17)24-15-22(23(16-26)25(27)28-24)18-8-6-12-21(14-18)29-20-10-3-2-4-11-20/h2-15H,1H3,(H2,27,28). The Morgan fingerprint density at radius 3 is 2.31 bits per heavy atom. The fourth-order valence-electron chi connectivity index (χ4n) is 3.21. The van der Waals surface area contributed by atoms with Gasteiger partial charge in [0.25, 0.3) is 0 Å². The lowest BCUT2D eigenvalue weighted by Gasteiger charge is -2.12. The highest BCUT2D eigenvalue weighted by molar-refractivity contribution is 5.80. The molecule has 2 N–H and O–H groups in total. The second kappa shape index (κ2) is 7.87. The number of nitrogen functional groups attached to an aromatic ring is 1. The van der Waals surface area contributed by atoms with Gasteiger partial charge in [-0.1, -0.05) is 54.1 Å². The van der Waals surface area contributed by atoms with E-state index in [9.17, 15) is 5.26 Å². The van der Waals surface area contributed by atoms with E-state index in [0.29, 0.717) is 11.3 Å². The van der Waals surface area contributed by atoms with E-state index in [4.69, 9.17) is 10.5 Å². The number of aryl methyl sites for hydroxylation is 1. The molecule has 0 aliphatic carbocycles. The van der Waals surface area contributed by atoms with Gasteiger partial charge in [-0.3, -0.25) is 0 Å². The van der Waals surface area contributed by atoms with E-state index >= 15 is 0 Å². The van der Waals surface area contributed by atoms with E-state index < -0.39 is 0 Å². The van der Waals surface area contributed by atoms with Crippen LogP contribution in [0.15, 0.2) is 84.9 Å². The molecule has 3 aromatic carbocycles. The van der Waals surface area contributed by atoms with Crippen molar-refractivity contribution in [2.45, 2.75) is 6.92 Å². The Morgan fingerprint density at radius 1 is 0.828 bits per heavy atom. The van der Waals surface area contributed by atoms with Gasteiger partial charge >= 0.3 is 0 Å². The molecular weight excluding hydrogens is 358 g/mol. The van der Waals surface area contributed by atoms with Crippen LogP contribution in [0.25, 0.3) is 22.4 Å². The fraction of sp³-hybridized carbons (Fsp3) is 0.0400. The molecule has 0 radical (unpaired) electrons. The van der Waals surface area contributed by atoms with Crippen LogP contribution in [0.3, 0.4) is 0 Å². The minimum atomic E-state index is 0.218. The van der Waals surface area contributed by atoms with Gasteiger partial charge in [-0.2, -0.15) is 5.26 Å². The molecule has 4 rings (SSSR count). The number of hydrogen-bond donors (Lipinski definition) is 1. The lowest BCUT2D eigenvalue weighted by molar-refractivity contribution is 0.483. The molecule has 4 aromatic rings. The largest absolute Gasteiger partial charge is 0.457 e. The van der Waals surface area contributed by atoms with Crippen molar-refractivity contribution in [2.75, 3.05) is 5.73 Å². The quantitative estimate of drug-likeness (QED) is 0.475. The maximum absolute atomic E-state index is 9.67. The summed E-state index contributed by atoms with van der Waals surface area (Å²) in [4.78, 5) is 4.46. The average molecular weight is 377 g/mol. The van der Waals surface area contributed by atoms with Crippen LogP contribution in [-0.4, -0.2) is 4.98 Å². The minimum Gasteiger partial charge on any atom is -0.457 e. The zero-order valence-corrected chi connectivity index (χ0v) is 16.0. The molecule has 0 spiro atoms. The molecular formula is C25H19N3O. The Labute approximate surface area is 169 Å². The fourth-order valence-corrected chi connectivity index (χ4v) is 3.21. The second-order valence-electron chi connectivity index (χ2n) is 6.74. The van der Waals surface area contributed by atoms with Crippen molar-refractivity contribution in [1.82, 2.24) is 4.98 Å². The summed E-state index contributed by atoms with van der Waals surface area (Å²) >= 11 is 0. The highest BCUT2D eigenvalue weighted by Crippen LogP contribution is 2.34. The maximum Gasteiger partial charge on any atom is 0.142 e. The number of aromatic nitrogens is 1. The zero-order chi connectivity index (χ0) is 20.2. The number of nitrogens with zero attached hydrogens (tertiary/aromatic N) is 2. The van der Waals surface area contributed by atoms with Crippen LogP contribution in [0, 0.1) is 18.3 Å². The van der Waals surface area contributed by atoms with Gasteiger partial charge in [-0.05, 0) is 48.9 Å². The van der Waals surface area contributed by atoms with E-state index in [1.54, 1.807) is 0 Å². The second-order valence-corrected chi connectivity index (χ2v) is 6.74. The predicted molar refractivity (Wildman–Crippen MR) is 115 cm³/mol. The average Bonchev–Trinajstić information content (AvgIpc) is 2.74. The van der Waals surface area contributed by atoms with Crippen molar-refractivity contribution in [3.05, 3.63) is 96.1 Å². The van der Waals surface area contributed by atoms with Crippen LogP contribution < -0.4 is 10.5 Å². The third-order valence-corrected chi connectivity index (χ3v) is 4.60. The third kappa shape index (κ3) is 3.95. The number of nitrogens with two attached hydrogens (primary N) is 1. The molecule has 0 aliphatic rings. The maximum atomic E-state index is 9.67. The molecule has 1 aromatic heterocycles. The van der Waals surface area contributed by atoms with E-state index in [1.807, 2.05) is 91.9 Å². The molecule has 140 valence electrons. The van der Waals surface area contributed by atoms with E-state index in [2.05, 4.69) is 11.1 Å². The zero-order valence-electron chi connectivity index (χ0n) is 16.0. The number of anilines is 1. The van der Waals surface area contributed by atoms with Gasteiger partial charge in [0.15, 0.2) is 0 Å². The molecule has 0 fully saturated rings. The Hall–Kier alpha value is -4.10. The van der Waals surface area contributed by atoms with Gasteiger partial charge < -0.3 is 10.5 Å². The predicted octanol–water partition coefficient (Wildman–Crippen LogP) is 5.97. The number of nitriles is 1. The molecule has 0 amide bonds. The molecule has 1 heterocycles. The number of hydrogen-bond acceptors (Lipinski definition) is 4. The Bertz CT molecular complexity index is 1210.